The van der Waals surface area contributed by atoms with Gasteiger partial charge in [0.1, 0.15) is 0 Å². The lowest BCUT2D eigenvalue weighted by atomic mass is 9.91. The van der Waals surface area contributed by atoms with Gasteiger partial charge < -0.3 is 15.5 Å². The van der Waals surface area contributed by atoms with Crippen molar-refractivity contribution in [2.24, 2.45) is 0 Å². The van der Waals surface area contributed by atoms with Gasteiger partial charge in [-0.3, -0.25) is 4.90 Å². The van der Waals surface area contributed by atoms with Crippen LogP contribution >= 0.6 is 0 Å². The highest BCUT2D eigenvalue weighted by Gasteiger charge is 2.31. The average Bonchev–Trinajstić information content (AvgIpc) is 2.43. The van der Waals surface area contributed by atoms with E-state index in [1.807, 2.05) is 6.07 Å². The molecule has 0 spiro atoms. The van der Waals surface area contributed by atoms with E-state index >= 15 is 0 Å². The van der Waals surface area contributed by atoms with Crippen molar-refractivity contribution in [2.75, 3.05) is 32.8 Å². The van der Waals surface area contributed by atoms with Crippen molar-refractivity contribution in [3.8, 4) is 0 Å². The molecule has 0 unspecified atom stereocenters. The Morgan fingerprint density at radius 3 is 2.47 bits per heavy atom. The summed E-state index contributed by atoms with van der Waals surface area (Å²) in [6, 6.07) is 10.4. The fraction of sp³-hybridized carbons (Fsp3) is 0.600. The Morgan fingerprint density at radius 2 is 1.84 bits per heavy atom. The molecule has 0 aromatic heterocycles. The van der Waals surface area contributed by atoms with E-state index in [0.717, 1.165) is 32.5 Å². The van der Waals surface area contributed by atoms with Crippen LogP contribution in [0.25, 0.3) is 0 Å². The highest BCUT2D eigenvalue weighted by atomic mass is 16.3. The minimum absolute atomic E-state index is 0.121. The summed E-state index contributed by atoms with van der Waals surface area (Å²) in [6.07, 6.45) is 1.58. The number of rotatable bonds is 6. The molecule has 2 rings (SSSR count). The normalized spacial score (nSPS) is 19.5. The van der Waals surface area contributed by atoms with E-state index < -0.39 is 5.60 Å². The topological polar surface area (TPSA) is 55.7 Å². The first-order valence-corrected chi connectivity index (χ1v) is 7.02. The fourth-order valence-electron chi connectivity index (χ4n) is 2.55. The molecule has 3 N–H and O–H groups in total. The van der Waals surface area contributed by atoms with Crippen molar-refractivity contribution in [2.45, 2.75) is 25.0 Å². The second-order valence-electron chi connectivity index (χ2n) is 5.39. The maximum Gasteiger partial charge on any atom is 0.0795 e. The van der Waals surface area contributed by atoms with E-state index in [1.165, 1.54) is 5.56 Å². The Morgan fingerprint density at radius 1 is 1.16 bits per heavy atom. The molecule has 4 nitrogen and oxygen atoms in total. The summed E-state index contributed by atoms with van der Waals surface area (Å²) in [6.45, 7) is 4.05. The van der Waals surface area contributed by atoms with Crippen molar-refractivity contribution in [1.29, 1.82) is 0 Å². The van der Waals surface area contributed by atoms with E-state index in [-0.39, 0.29) is 6.61 Å². The van der Waals surface area contributed by atoms with Crippen LogP contribution in [0.5, 0.6) is 0 Å². The van der Waals surface area contributed by atoms with E-state index in [4.69, 9.17) is 5.11 Å². The SMILES string of the molecule is OCCNCC1(O)CCN(Cc2ccccc2)CC1. The molecule has 19 heavy (non-hydrogen) atoms. The van der Waals surface area contributed by atoms with Gasteiger partial charge in [0.25, 0.3) is 0 Å². The Kier molecular flexibility index (Phi) is 5.34. The van der Waals surface area contributed by atoms with Gasteiger partial charge in [-0.1, -0.05) is 30.3 Å². The summed E-state index contributed by atoms with van der Waals surface area (Å²) >= 11 is 0. The zero-order chi connectivity index (χ0) is 13.6. The molecule has 1 aliphatic rings. The molecular formula is C15H24N2O2. The third kappa shape index (κ3) is 4.58. The van der Waals surface area contributed by atoms with Crippen LogP contribution in [0.1, 0.15) is 18.4 Å². The van der Waals surface area contributed by atoms with Crippen LogP contribution in [0.4, 0.5) is 0 Å². The van der Waals surface area contributed by atoms with Crippen molar-refractivity contribution in [1.82, 2.24) is 10.2 Å². The van der Waals surface area contributed by atoms with Crippen LogP contribution in [0.15, 0.2) is 30.3 Å². The molecule has 4 heteroatoms. The van der Waals surface area contributed by atoms with Crippen molar-refractivity contribution < 1.29 is 10.2 Å². The molecule has 0 saturated carbocycles. The highest BCUT2D eigenvalue weighted by molar-refractivity contribution is 5.14. The van der Waals surface area contributed by atoms with Crippen LogP contribution in [-0.2, 0) is 6.54 Å². The van der Waals surface area contributed by atoms with Crippen LogP contribution < -0.4 is 5.32 Å². The molecule has 1 aliphatic heterocycles. The lowest BCUT2D eigenvalue weighted by molar-refractivity contribution is -0.0220. The smallest absolute Gasteiger partial charge is 0.0795 e. The summed E-state index contributed by atoms with van der Waals surface area (Å²) in [5.74, 6) is 0. The summed E-state index contributed by atoms with van der Waals surface area (Å²) in [5.41, 5.74) is 0.717. The maximum atomic E-state index is 10.4. The monoisotopic (exact) mass is 264 g/mol. The number of nitrogens with zero attached hydrogens (tertiary/aromatic N) is 1. The number of likely N-dealkylation sites (tertiary alicyclic amines) is 1. The van der Waals surface area contributed by atoms with E-state index in [0.29, 0.717) is 13.1 Å². The molecule has 0 atom stereocenters. The first kappa shape index (κ1) is 14.5. The predicted octanol–water partition coefficient (Wildman–Crippen LogP) is 0.595. The molecule has 0 radical (unpaired) electrons. The molecular weight excluding hydrogens is 240 g/mol. The number of piperidine rings is 1. The van der Waals surface area contributed by atoms with Crippen molar-refractivity contribution in [3.05, 3.63) is 35.9 Å². The number of aliphatic hydroxyl groups is 2. The average molecular weight is 264 g/mol. The Balaban J connectivity index is 1.75. The zero-order valence-corrected chi connectivity index (χ0v) is 11.4. The van der Waals surface area contributed by atoms with E-state index in [1.54, 1.807) is 0 Å². The Bertz CT molecular complexity index is 362. The second-order valence-corrected chi connectivity index (χ2v) is 5.39. The number of aliphatic hydroxyl groups excluding tert-OH is 1. The van der Waals surface area contributed by atoms with Crippen LogP contribution in [-0.4, -0.2) is 53.5 Å². The van der Waals surface area contributed by atoms with Gasteiger partial charge in [-0.05, 0) is 18.4 Å². The Labute approximate surface area is 115 Å². The third-order valence-electron chi connectivity index (χ3n) is 3.78. The first-order valence-electron chi connectivity index (χ1n) is 7.02. The molecule has 0 bridgehead atoms. The minimum Gasteiger partial charge on any atom is -0.395 e. The van der Waals surface area contributed by atoms with Gasteiger partial charge in [0, 0.05) is 32.7 Å². The third-order valence-corrected chi connectivity index (χ3v) is 3.78. The van der Waals surface area contributed by atoms with Gasteiger partial charge in [0.05, 0.1) is 12.2 Å². The first-order chi connectivity index (χ1) is 9.22. The number of hydrogen-bond acceptors (Lipinski definition) is 4. The molecule has 0 aliphatic carbocycles. The van der Waals surface area contributed by atoms with Gasteiger partial charge in [-0.25, -0.2) is 0 Å². The summed E-state index contributed by atoms with van der Waals surface area (Å²) in [4.78, 5) is 2.38. The number of benzene rings is 1. The lowest BCUT2D eigenvalue weighted by Gasteiger charge is -2.38. The quantitative estimate of drug-likeness (QED) is 0.659. The predicted molar refractivity (Wildman–Crippen MR) is 75.9 cm³/mol. The van der Waals surface area contributed by atoms with Crippen LogP contribution in [0.2, 0.25) is 0 Å². The molecule has 1 heterocycles. The van der Waals surface area contributed by atoms with Crippen molar-refractivity contribution in [3.63, 3.8) is 0 Å². The molecule has 1 saturated heterocycles. The number of hydrogen-bond donors (Lipinski definition) is 3. The number of nitrogens with one attached hydrogen (secondary N) is 1. The summed E-state index contributed by atoms with van der Waals surface area (Å²) in [7, 11) is 0. The van der Waals surface area contributed by atoms with Crippen molar-refractivity contribution >= 4 is 0 Å². The summed E-state index contributed by atoms with van der Waals surface area (Å²) in [5, 5.41) is 22.2. The largest absolute Gasteiger partial charge is 0.395 e. The van der Waals surface area contributed by atoms with Gasteiger partial charge >= 0.3 is 0 Å². The van der Waals surface area contributed by atoms with Gasteiger partial charge in [0.2, 0.25) is 0 Å². The summed E-state index contributed by atoms with van der Waals surface area (Å²) < 4.78 is 0. The minimum atomic E-state index is -0.609. The standard InChI is InChI=1S/C15H24N2O2/c18-11-8-16-13-15(19)6-9-17(10-7-15)12-14-4-2-1-3-5-14/h1-5,16,18-19H,6-13H2. The van der Waals surface area contributed by atoms with Gasteiger partial charge in [-0.2, -0.15) is 0 Å². The lowest BCUT2D eigenvalue weighted by Crippen LogP contribution is -2.50. The second kappa shape index (κ2) is 7.01. The molecule has 106 valence electrons. The molecule has 1 aromatic carbocycles. The van der Waals surface area contributed by atoms with Gasteiger partial charge in [-0.15, -0.1) is 0 Å². The van der Waals surface area contributed by atoms with Crippen LogP contribution in [0, 0.1) is 0 Å². The molecule has 1 aromatic rings. The van der Waals surface area contributed by atoms with Gasteiger partial charge in [0.15, 0.2) is 0 Å². The Hall–Kier alpha value is -0.940. The zero-order valence-electron chi connectivity index (χ0n) is 11.4. The maximum absolute atomic E-state index is 10.4. The van der Waals surface area contributed by atoms with E-state index in [9.17, 15) is 5.11 Å². The molecule has 1 fully saturated rings. The fourth-order valence-corrected chi connectivity index (χ4v) is 2.55. The van der Waals surface area contributed by atoms with E-state index in [2.05, 4.69) is 34.5 Å². The molecule has 0 amide bonds. The van der Waals surface area contributed by atoms with Crippen LogP contribution in [0.3, 0.4) is 0 Å². The highest BCUT2D eigenvalue weighted by Crippen LogP contribution is 2.22.